The van der Waals surface area contributed by atoms with E-state index in [1.54, 1.807) is 0 Å². The highest BCUT2D eigenvalue weighted by Crippen LogP contribution is 2.18. The summed E-state index contributed by atoms with van der Waals surface area (Å²) in [6, 6.07) is 4.13. The second-order valence-corrected chi connectivity index (χ2v) is 4.76. The van der Waals surface area contributed by atoms with Crippen molar-refractivity contribution in [1.82, 2.24) is 4.98 Å². The Balaban J connectivity index is 2.76. The Morgan fingerprint density at radius 1 is 1.39 bits per heavy atom. The lowest BCUT2D eigenvalue weighted by Crippen LogP contribution is -2.22. The Kier molecular flexibility index (Phi) is 5.26. The van der Waals surface area contributed by atoms with E-state index in [0.717, 1.165) is 11.8 Å². The molecular weight excluding hydrogens is 258 g/mol. The van der Waals surface area contributed by atoms with Crippen molar-refractivity contribution < 1.29 is 24.9 Å². The van der Waals surface area contributed by atoms with Gasteiger partial charge >= 0.3 is 5.97 Å². The number of carbonyl (C=O) groups is 2. The van der Waals surface area contributed by atoms with Crippen LogP contribution >= 0.6 is 11.8 Å². The van der Waals surface area contributed by atoms with Crippen molar-refractivity contribution >= 4 is 22.8 Å². The Hall–Kier alpha value is -1.44. The number of carboxylic acid groups (broad SMARTS) is 1. The van der Waals surface area contributed by atoms with E-state index in [2.05, 4.69) is 4.98 Å². The van der Waals surface area contributed by atoms with E-state index >= 15 is 0 Å². The van der Waals surface area contributed by atoms with E-state index in [1.165, 1.54) is 25.1 Å². The summed E-state index contributed by atoms with van der Waals surface area (Å²) in [5.74, 6) is -1.19. The molecule has 1 rings (SSSR count). The molecular formula is C11H13NO5S. The number of thioether (sulfide) groups is 1. The van der Waals surface area contributed by atoms with Gasteiger partial charge in [-0.3, -0.25) is 4.79 Å². The first-order valence-corrected chi connectivity index (χ1v) is 6.10. The largest absolute Gasteiger partial charge is 0.477 e. The van der Waals surface area contributed by atoms with E-state index in [4.69, 9.17) is 5.11 Å². The number of nitrogens with zero attached hydrogens (tertiary/aromatic N) is 1. The zero-order valence-electron chi connectivity index (χ0n) is 9.61. The summed E-state index contributed by atoms with van der Waals surface area (Å²) in [6.45, 7) is 1.35. The maximum Gasteiger partial charge on any atom is 0.354 e. The van der Waals surface area contributed by atoms with Gasteiger partial charge in [0.1, 0.15) is 11.8 Å². The van der Waals surface area contributed by atoms with E-state index < -0.39 is 18.2 Å². The summed E-state index contributed by atoms with van der Waals surface area (Å²) in [6.07, 6.45) is -2.51. The Labute approximate surface area is 108 Å². The third kappa shape index (κ3) is 4.10. The molecule has 7 heteroatoms. The molecule has 1 aromatic heterocycles. The first-order valence-electron chi connectivity index (χ1n) is 5.11. The van der Waals surface area contributed by atoms with Crippen molar-refractivity contribution in [3.8, 4) is 0 Å². The lowest BCUT2D eigenvalue weighted by atomic mass is 10.1. The van der Waals surface area contributed by atoms with Gasteiger partial charge in [0.05, 0.1) is 11.8 Å². The molecule has 0 aliphatic rings. The lowest BCUT2D eigenvalue weighted by Gasteiger charge is -2.16. The number of aliphatic hydroxyl groups excluding tert-OH is 2. The molecule has 0 amide bonds. The van der Waals surface area contributed by atoms with Crippen LogP contribution in [0.15, 0.2) is 18.2 Å². The van der Waals surface area contributed by atoms with Crippen molar-refractivity contribution in [3.63, 3.8) is 0 Å². The van der Waals surface area contributed by atoms with Crippen LogP contribution in [0, 0.1) is 0 Å². The van der Waals surface area contributed by atoms with Gasteiger partial charge in [-0.05, 0) is 12.1 Å². The molecule has 0 radical (unpaired) electrons. The third-order valence-electron chi connectivity index (χ3n) is 2.11. The second-order valence-electron chi connectivity index (χ2n) is 3.57. The number of aromatic carboxylic acids is 1. The second kappa shape index (κ2) is 6.48. The SMILES string of the molecule is CC(=O)SCC(O)C(O)c1cccc(C(=O)O)n1. The third-order valence-corrected chi connectivity index (χ3v) is 3.03. The van der Waals surface area contributed by atoms with Crippen molar-refractivity contribution in [2.24, 2.45) is 0 Å². The highest BCUT2D eigenvalue weighted by molar-refractivity contribution is 8.13. The Bertz CT molecular complexity index is 451. The number of aromatic nitrogens is 1. The molecule has 0 aliphatic heterocycles. The van der Waals surface area contributed by atoms with Gasteiger partial charge in [0, 0.05) is 12.7 Å². The number of hydrogen-bond donors (Lipinski definition) is 3. The average Bonchev–Trinajstić information content (AvgIpc) is 2.35. The Morgan fingerprint density at radius 2 is 2.06 bits per heavy atom. The molecule has 18 heavy (non-hydrogen) atoms. The minimum atomic E-state index is -1.32. The van der Waals surface area contributed by atoms with Crippen LogP contribution in [0.25, 0.3) is 0 Å². The van der Waals surface area contributed by atoms with Gasteiger partial charge in [-0.15, -0.1) is 0 Å². The van der Waals surface area contributed by atoms with Gasteiger partial charge in [0.25, 0.3) is 0 Å². The predicted octanol–water partition coefficient (Wildman–Crippen LogP) is 0.454. The lowest BCUT2D eigenvalue weighted by molar-refractivity contribution is -0.109. The molecule has 6 nitrogen and oxygen atoms in total. The first-order chi connectivity index (χ1) is 8.41. The molecule has 0 fully saturated rings. The van der Waals surface area contributed by atoms with Crippen LogP contribution in [0.3, 0.4) is 0 Å². The van der Waals surface area contributed by atoms with Crippen LogP contribution in [0.2, 0.25) is 0 Å². The van der Waals surface area contributed by atoms with E-state index in [0.29, 0.717) is 0 Å². The fourth-order valence-corrected chi connectivity index (χ4v) is 1.81. The monoisotopic (exact) mass is 271 g/mol. The molecule has 2 unspecified atom stereocenters. The maximum atomic E-state index is 10.7. The number of pyridine rings is 1. The fourth-order valence-electron chi connectivity index (χ4n) is 1.23. The fraction of sp³-hybridized carbons (Fsp3) is 0.364. The smallest absolute Gasteiger partial charge is 0.354 e. The van der Waals surface area contributed by atoms with Crippen LogP contribution in [0.1, 0.15) is 29.2 Å². The van der Waals surface area contributed by atoms with Crippen molar-refractivity contribution in [3.05, 3.63) is 29.6 Å². The standard InChI is InChI=1S/C11H13NO5S/c1-6(13)18-5-9(14)10(15)7-3-2-4-8(12-7)11(16)17/h2-4,9-10,14-15H,5H2,1H3,(H,16,17). The summed E-state index contributed by atoms with van der Waals surface area (Å²) in [7, 11) is 0. The molecule has 0 aromatic carbocycles. The maximum absolute atomic E-state index is 10.7. The number of carboxylic acids is 1. The average molecular weight is 271 g/mol. The van der Waals surface area contributed by atoms with Gasteiger partial charge < -0.3 is 15.3 Å². The van der Waals surface area contributed by atoms with Gasteiger partial charge in [-0.1, -0.05) is 17.8 Å². The molecule has 1 heterocycles. The minimum absolute atomic E-state index is 0.0233. The van der Waals surface area contributed by atoms with Crippen molar-refractivity contribution in [2.45, 2.75) is 19.1 Å². The molecule has 2 atom stereocenters. The topological polar surface area (TPSA) is 108 Å². The van der Waals surface area contributed by atoms with E-state index in [-0.39, 0.29) is 22.3 Å². The molecule has 0 spiro atoms. The normalized spacial score (nSPS) is 13.9. The minimum Gasteiger partial charge on any atom is -0.477 e. The quantitative estimate of drug-likeness (QED) is 0.713. The molecule has 0 saturated carbocycles. The van der Waals surface area contributed by atoms with Gasteiger partial charge in [0.2, 0.25) is 0 Å². The highest BCUT2D eigenvalue weighted by Gasteiger charge is 2.21. The zero-order chi connectivity index (χ0) is 13.7. The summed E-state index contributed by atoms with van der Waals surface area (Å²) >= 11 is 0.880. The number of aliphatic hydroxyl groups is 2. The summed E-state index contributed by atoms with van der Waals surface area (Å²) in [5.41, 5.74) is -0.149. The van der Waals surface area contributed by atoms with Gasteiger partial charge in [0.15, 0.2) is 5.12 Å². The molecule has 0 bridgehead atoms. The van der Waals surface area contributed by atoms with E-state index in [9.17, 15) is 19.8 Å². The van der Waals surface area contributed by atoms with Gasteiger partial charge in [-0.2, -0.15) is 0 Å². The zero-order valence-corrected chi connectivity index (χ0v) is 10.4. The molecule has 0 aliphatic carbocycles. The molecule has 1 aromatic rings. The van der Waals surface area contributed by atoms with Crippen LogP contribution in [0.4, 0.5) is 0 Å². The summed E-state index contributed by atoms with van der Waals surface area (Å²) in [4.78, 5) is 25.1. The molecule has 98 valence electrons. The number of hydrogen-bond acceptors (Lipinski definition) is 6. The van der Waals surface area contributed by atoms with Crippen molar-refractivity contribution in [2.75, 3.05) is 5.75 Å². The summed E-state index contributed by atoms with van der Waals surface area (Å²) in [5, 5.41) is 28.0. The first kappa shape index (κ1) is 14.6. The number of rotatable bonds is 5. The molecule has 0 saturated heterocycles. The molecule has 3 N–H and O–H groups in total. The van der Waals surface area contributed by atoms with Crippen LogP contribution in [-0.4, -0.2) is 43.2 Å². The van der Waals surface area contributed by atoms with E-state index in [1.807, 2.05) is 0 Å². The van der Waals surface area contributed by atoms with Gasteiger partial charge in [-0.25, -0.2) is 9.78 Å². The van der Waals surface area contributed by atoms with Crippen molar-refractivity contribution in [1.29, 1.82) is 0 Å². The summed E-state index contributed by atoms with van der Waals surface area (Å²) < 4.78 is 0. The van der Waals surface area contributed by atoms with Crippen LogP contribution in [-0.2, 0) is 4.79 Å². The number of carbonyl (C=O) groups excluding carboxylic acids is 1. The van der Waals surface area contributed by atoms with Crippen LogP contribution < -0.4 is 0 Å². The van der Waals surface area contributed by atoms with Crippen LogP contribution in [0.5, 0.6) is 0 Å². The Morgan fingerprint density at radius 3 is 2.61 bits per heavy atom. The predicted molar refractivity (Wildman–Crippen MR) is 65.3 cm³/mol. The highest BCUT2D eigenvalue weighted by atomic mass is 32.2.